The molecule has 2 aromatic rings. The van der Waals surface area contributed by atoms with Gasteiger partial charge in [-0.3, -0.25) is 14.6 Å². The Labute approximate surface area is 156 Å². The highest BCUT2D eigenvalue weighted by Gasteiger charge is 2.24. The number of amides is 1. The molecule has 1 fully saturated rings. The van der Waals surface area contributed by atoms with E-state index in [1.54, 1.807) is 29.3 Å². The number of carbonyl (C=O) groups is 2. The number of fused-ring (bicyclic) bond motifs is 1. The molecule has 2 heterocycles. The number of aromatic nitrogens is 1. The number of nitrogens with zero attached hydrogens (tertiary/aromatic N) is 2. The summed E-state index contributed by atoms with van der Waals surface area (Å²) in [4.78, 5) is 29.3. The van der Waals surface area contributed by atoms with Gasteiger partial charge in [-0.15, -0.1) is 0 Å². The Kier molecular flexibility index (Phi) is 5.93. The van der Waals surface area contributed by atoms with E-state index in [0.717, 1.165) is 18.2 Å². The average Bonchev–Trinajstić information content (AvgIpc) is 2.66. The minimum atomic E-state index is -0.793. The van der Waals surface area contributed by atoms with Crippen molar-refractivity contribution in [2.24, 2.45) is 5.92 Å². The molecule has 1 atom stereocenters. The van der Waals surface area contributed by atoms with Crippen molar-refractivity contribution in [3.8, 4) is 5.75 Å². The molecule has 1 amide bonds. The summed E-state index contributed by atoms with van der Waals surface area (Å²) in [6.07, 6.45) is 4.26. The maximum absolute atomic E-state index is 12.5. The highest BCUT2D eigenvalue weighted by molar-refractivity contribution is 6.35. The first kappa shape index (κ1) is 18.5. The number of benzene rings is 1. The number of carboxylic acid groups (broad SMARTS) is 1. The number of halogens is 1. The molecule has 6 nitrogen and oxygen atoms in total. The van der Waals surface area contributed by atoms with Gasteiger partial charge in [0.2, 0.25) is 0 Å². The largest absolute Gasteiger partial charge is 0.481 e. The molecule has 0 radical (unpaired) electrons. The summed E-state index contributed by atoms with van der Waals surface area (Å²) in [5, 5.41) is 10.2. The van der Waals surface area contributed by atoms with Crippen molar-refractivity contribution in [2.45, 2.75) is 25.7 Å². The number of aliphatic carboxylic acids is 1. The fourth-order valence-corrected chi connectivity index (χ4v) is 3.53. The fourth-order valence-electron chi connectivity index (χ4n) is 3.31. The maximum Gasteiger partial charge on any atom is 0.303 e. The van der Waals surface area contributed by atoms with E-state index < -0.39 is 5.97 Å². The zero-order chi connectivity index (χ0) is 18.5. The number of hydrogen-bond acceptors (Lipinski definition) is 4. The van der Waals surface area contributed by atoms with Crippen molar-refractivity contribution in [3.05, 3.63) is 35.5 Å². The van der Waals surface area contributed by atoms with Crippen molar-refractivity contribution in [2.75, 3.05) is 19.7 Å². The number of rotatable bonds is 6. The van der Waals surface area contributed by atoms with E-state index in [2.05, 4.69) is 4.98 Å². The van der Waals surface area contributed by atoms with Crippen LogP contribution in [0.3, 0.4) is 0 Å². The molecule has 0 saturated carbocycles. The molecule has 7 heteroatoms. The number of ether oxygens (including phenoxy) is 1. The molecule has 3 rings (SSSR count). The first-order valence-electron chi connectivity index (χ1n) is 8.70. The van der Waals surface area contributed by atoms with Crippen LogP contribution in [0.2, 0.25) is 5.02 Å². The van der Waals surface area contributed by atoms with Gasteiger partial charge in [0.05, 0.1) is 5.02 Å². The first-order valence-corrected chi connectivity index (χ1v) is 9.08. The zero-order valence-corrected chi connectivity index (χ0v) is 15.1. The fraction of sp³-hybridized carbons (Fsp3) is 0.421. The number of pyridine rings is 1. The van der Waals surface area contributed by atoms with Gasteiger partial charge in [-0.25, -0.2) is 0 Å². The van der Waals surface area contributed by atoms with Crippen LogP contribution in [0.5, 0.6) is 5.75 Å². The summed E-state index contributed by atoms with van der Waals surface area (Å²) in [7, 11) is 0. The molecule has 1 aliphatic heterocycles. The van der Waals surface area contributed by atoms with Gasteiger partial charge in [-0.1, -0.05) is 11.6 Å². The Morgan fingerprint density at radius 2 is 2.19 bits per heavy atom. The van der Waals surface area contributed by atoms with Crippen molar-refractivity contribution in [1.29, 1.82) is 0 Å². The van der Waals surface area contributed by atoms with Crippen LogP contribution in [0.15, 0.2) is 30.5 Å². The van der Waals surface area contributed by atoms with E-state index in [4.69, 9.17) is 21.4 Å². The predicted octanol–water partition coefficient (Wildman–Crippen LogP) is 3.37. The van der Waals surface area contributed by atoms with E-state index in [1.807, 2.05) is 6.07 Å². The van der Waals surface area contributed by atoms with Gasteiger partial charge in [0.1, 0.15) is 11.3 Å². The van der Waals surface area contributed by atoms with Crippen molar-refractivity contribution < 1.29 is 19.4 Å². The van der Waals surface area contributed by atoms with Crippen LogP contribution in [0.25, 0.3) is 10.9 Å². The number of piperidine rings is 1. The van der Waals surface area contributed by atoms with E-state index in [0.29, 0.717) is 35.8 Å². The Morgan fingerprint density at radius 1 is 1.35 bits per heavy atom. The van der Waals surface area contributed by atoms with Crippen molar-refractivity contribution in [3.63, 3.8) is 0 Å². The van der Waals surface area contributed by atoms with Crippen LogP contribution in [0.4, 0.5) is 0 Å². The standard InChI is InChI=1S/C19H21ClN2O4/c20-15-6-7-16(19-14(15)4-1-9-21-19)26-12-17(23)22-10-2-3-13(11-22)5-8-18(24)25/h1,4,6-7,9,13H,2-3,5,8,10-12H2,(H,24,25). The third kappa shape index (κ3) is 4.43. The lowest BCUT2D eigenvalue weighted by atomic mass is 9.93. The third-order valence-corrected chi connectivity index (χ3v) is 5.00. The molecule has 138 valence electrons. The Morgan fingerprint density at radius 3 is 3.00 bits per heavy atom. The molecule has 1 aliphatic rings. The van der Waals surface area contributed by atoms with Gasteiger partial charge in [-0.2, -0.15) is 0 Å². The lowest BCUT2D eigenvalue weighted by Crippen LogP contribution is -2.42. The van der Waals surface area contributed by atoms with E-state index >= 15 is 0 Å². The molecule has 26 heavy (non-hydrogen) atoms. The maximum atomic E-state index is 12.5. The molecular formula is C19H21ClN2O4. The molecule has 0 spiro atoms. The molecule has 1 N–H and O–H groups in total. The first-order chi connectivity index (χ1) is 12.5. The van der Waals surface area contributed by atoms with Gasteiger partial charge in [0.25, 0.3) is 5.91 Å². The second-order valence-electron chi connectivity index (χ2n) is 6.51. The number of hydrogen-bond donors (Lipinski definition) is 1. The normalized spacial score (nSPS) is 17.3. The summed E-state index contributed by atoms with van der Waals surface area (Å²) in [5.41, 5.74) is 0.630. The summed E-state index contributed by atoms with van der Waals surface area (Å²) in [5.74, 6) is -0.123. The van der Waals surface area contributed by atoms with Crippen LogP contribution in [-0.2, 0) is 9.59 Å². The lowest BCUT2D eigenvalue weighted by Gasteiger charge is -2.32. The van der Waals surface area contributed by atoms with E-state index in [-0.39, 0.29) is 24.9 Å². The smallest absolute Gasteiger partial charge is 0.303 e. The predicted molar refractivity (Wildman–Crippen MR) is 98.4 cm³/mol. The zero-order valence-electron chi connectivity index (χ0n) is 14.4. The SMILES string of the molecule is O=C(O)CCC1CCCN(C(=O)COc2ccc(Cl)c3cccnc23)C1. The molecular weight excluding hydrogens is 356 g/mol. The molecule has 0 aliphatic carbocycles. The number of likely N-dealkylation sites (tertiary alicyclic amines) is 1. The van der Waals surface area contributed by atoms with Gasteiger partial charge in [0, 0.05) is 31.1 Å². The molecule has 1 unspecified atom stereocenters. The van der Waals surface area contributed by atoms with Gasteiger partial charge in [-0.05, 0) is 49.4 Å². The molecule has 1 aromatic heterocycles. The summed E-state index contributed by atoms with van der Waals surface area (Å²) in [6.45, 7) is 1.21. The number of carbonyl (C=O) groups excluding carboxylic acids is 1. The Hall–Kier alpha value is -2.34. The minimum Gasteiger partial charge on any atom is -0.481 e. The van der Waals surface area contributed by atoms with Gasteiger partial charge < -0.3 is 14.7 Å². The van der Waals surface area contributed by atoms with Crippen LogP contribution in [-0.4, -0.2) is 46.6 Å². The Balaban J connectivity index is 1.60. The van der Waals surface area contributed by atoms with Crippen LogP contribution >= 0.6 is 11.6 Å². The van der Waals surface area contributed by atoms with Crippen LogP contribution < -0.4 is 4.74 Å². The topological polar surface area (TPSA) is 79.7 Å². The summed E-state index contributed by atoms with van der Waals surface area (Å²) in [6, 6.07) is 7.11. The van der Waals surface area contributed by atoms with Crippen LogP contribution in [0, 0.1) is 5.92 Å². The second kappa shape index (κ2) is 8.36. The Bertz CT molecular complexity index is 811. The van der Waals surface area contributed by atoms with Crippen molar-refractivity contribution >= 4 is 34.4 Å². The summed E-state index contributed by atoms with van der Waals surface area (Å²) < 4.78 is 5.72. The highest BCUT2D eigenvalue weighted by atomic mass is 35.5. The quantitative estimate of drug-likeness (QED) is 0.836. The van der Waals surface area contributed by atoms with Crippen LogP contribution in [0.1, 0.15) is 25.7 Å². The lowest BCUT2D eigenvalue weighted by molar-refractivity contribution is -0.137. The third-order valence-electron chi connectivity index (χ3n) is 4.67. The molecule has 1 saturated heterocycles. The second-order valence-corrected chi connectivity index (χ2v) is 6.92. The summed E-state index contributed by atoms with van der Waals surface area (Å²) >= 11 is 6.17. The molecule has 1 aromatic carbocycles. The number of carboxylic acids is 1. The van der Waals surface area contributed by atoms with Gasteiger partial charge >= 0.3 is 5.97 Å². The average molecular weight is 377 g/mol. The van der Waals surface area contributed by atoms with E-state index in [1.165, 1.54) is 0 Å². The van der Waals surface area contributed by atoms with E-state index in [9.17, 15) is 9.59 Å². The minimum absolute atomic E-state index is 0.0705. The van der Waals surface area contributed by atoms with Crippen molar-refractivity contribution in [1.82, 2.24) is 9.88 Å². The van der Waals surface area contributed by atoms with Gasteiger partial charge in [0.15, 0.2) is 6.61 Å². The monoisotopic (exact) mass is 376 g/mol. The highest BCUT2D eigenvalue weighted by Crippen LogP contribution is 2.29. The molecule has 0 bridgehead atoms.